The molecule has 0 aliphatic carbocycles. The number of amides is 1. The number of morpholine rings is 1. The molecule has 0 bridgehead atoms. The highest BCUT2D eigenvalue weighted by molar-refractivity contribution is 7.07. The summed E-state index contributed by atoms with van der Waals surface area (Å²) in [5.41, 5.74) is 2.57. The van der Waals surface area contributed by atoms with Gasteiger partial charge in [0.25, 0.3) is 5.56 Å². The molecule has 1 saturated heterocycles. The van der Waals surface area contributed by atoms with E-state index in [0.29, 0.717) is 46.9 Å². The SMILES string of the molecule is CCOC(=O)C1=C(C)N=c2s/c(=C/c3cn(CC(=O)N4CCOCC4)c4ccccc34)c(=O)n2[C@@H]1c1ccc(F)cc1. The Morgan fingerprint density at radius 2 is 1.88 bits per heavy atom. The summed E-state index contributed by atoms with van der Waals surface area (Å²) in [4.78, 5) is 46.9. The van der Waals surface area contributed by atoms with Crippen LogP contribution in [-0.2, 0) is 25.6 Å². The van der Waals surface area contributed by atoms with Gasteiger partial charge in [-0.2, -0.15) is 0 Å². The van der Waals surface area contributed by atoms with Gasteiger partial charge in [0.1, 0.15) is 12.4 Å². The molecule has 0 spiro atoms. The van der Waals surface area contributed by atoms with Crippen LogP contribution in [0.1, 0.15) is 31.0 Å². The summed E-state index contributed by atoms with van der Waals surface area (Å²) in [6.45, 7) is 5.93. The molecule has 1 fully saturated rings. The van der Waals surface area contributed by atoms with Crippen molar-refractivity contribution in [2.45, 2.75) is 26.4 Å². The molecule has 1 amide bonds. The summed E-state index contributed by atoms with van der Waals surface area (Å²) in [6, 6.07) is 12.6. The van der Waals surface area contributed by atoms with Gasteiger partial charge in [0.15, 0.2) is 4.80 Å². The maximum Gasteiger partial charge on any atom is 0.338 e. The molecule has 4 heterocycles. The lowest BCUT2D eigenvalue weighted by molar-refractivity contribution is -0.139. The number of hydrogen-bond donors (Lipinski definition) is 0. The van der Waals surface area contributed by atoms with E-state index in [1.165, 1.54) is 28.0 Å². The first-order valence-electron chi connectivity index (χ1n) is 13.7. The van der Waals surface area contributed by atoms with Gasteiger partial charge in [-0.25, -0.2) is 14.2 Å². The number of ether oxygens (including phenoxy) is 2. The van der Waals surface area contributed by atoms with Crippen molar-refractivity contribution in [3.63, 3.8) is 0 Å². The number of esters is 1. The van der Waals surface area contributed by atoms with Crippen molar-refractivity contribution in [2.75, 3.05) is 32.9 Å². The summed E-state index contributed by atoms with van der Waals surface area (Å²) >= 11 is 1.21. The molecule has 2 aromatic carbocycles. The molecule has 42 heavy (non-hydrogen) atoms. The number of aromatic nitrogens is 2. The fourth-order valence-electron chi connectivity index (χ4n) is 5.47. The molecular weight excluding hydrogens is 559 g/mol. The van der Waals surface area contributed by atoms with Crippen LogP contribution in [-0.4, -0.2) is 58.8 Å². The topological polar surface area (TPSA) is 95.1 Å². The number of hydrogen-bond acceptors (Lipinski definition) is 7. The number of nitrogens with zero attached hydrogens (tertiary/aromatic N) is 4. The van der Waals surface area contributed by atoms with Crippen LogP contribution < -0.4 is 14.9 Å². The number of carbonyl (C=O) groups excluding carboxylic acids is 2. The smallest absolute Gasteiger partial charge is 0.338 e. The monoisotopic (exact) mass is 588 g/mol. The Labute approximate surface area is 244 Å². The second-order valence-electron chi connectivity index (χ2n) is 10.1. The van der Waals surface area contributed by atoms with E-state index in [9.17, 15) is 18.8 Å². The van der Waals surface area contributed by atoms with E-state index in [1.807, 2.05) is 35.0 Å². The van der Waals surface area contributed by atoms with Crippen LogP contribution in [0.3, 0.4) is 0 Å². The van der Waals surface area contributed by atoms with Crippen LogP contribution >= 0.6 is 11.3 Å². The number of carbonyl (C=O) groups is 2. The van der Waals surface area contributed by atoms with E-state index in [1.54, 1.807) is 37.0 Å². The van der Waals surface area contributed by atoms with Crippen molar-refractivity contribution in [2.24, 2.45) is 4.99 Å². The lowest BCUT2D eigenvalue weighted by atomic mass is 9.96. The van der Waals surface area contributed by atoms with Crippen LogP contribution in [0.15, 0.2) is 75.8 Å². The van der Waals surface area contributed by atoms with Gasteiger partial charge in [0.2, 0.25) is 5.91 Å². The molecule has 2 aliphatic heterocycles. The largest absolute Gasteiger partial charge is 0.463 e. The van der Waals surface area contributed by atoms with Gasteiger partial charge in [-0.15, -0.1) is 0 Å². The highest BCUT2D eigenvalue weighted by atomic mass is 32.1. The van der Waals surface area contributed by atoms with Gasteiger partial charge in [0.05, 0.1) is 41.7 Å². The van der Waals surface area contributed by atoms with E-state index in [-0.39, 0.29) is 30.2 Å². The van der Waals surface area contributed by atoms with Crippen LogP contribution in [0.5, 0.6) is 0 Å². The van der Waals surface area contributed by atoms with Gasteiger partial charge >= 0.3 is 5.97 Å². The Kier molecular flexibility index (Phi) is 7.61. The first-order valence-corrected chi connectivity index (χ1v) is 14.6. The number of thiazole rings is 1. The molecular formula is C31H29FN4O5S. The van der Waals surface area contributed by atoms with Crippen molar-refractivity contribution < 1.29 is 23.5 Å². The summed E-state index contributed by atoms with van der Waals surface area (Å²) in [5.74, 6) is -0.991. The highest BCUT2D eigenvalue weighted by Gasteiger charge is 2.33. The molecule has 1 atom stereocenters. The lowest BCUT2D eigenvalue weighted by Crippen LogP contribution is -2.42. The van der Waals surface area contributed by atoms with E-state index in [4.69, 9.17) is 9.47 Å². The number of allylic oxidation sites excluding steroid dienone is 1. The molecule has 6 rings (SSSR count). The molecule has 9 nitrogen and oxygen atoms in total. The van der Waals surface area contributed by atoms with Crippen molar-refractivity contribution >= 4 is 40.2 Å². The van der Waals surface area contributed by atoms with Crippen molar-refractivity contribution in [1.29, 1.82) is 0 Å². The summed E-state index contributed by atoms with van der Waals surface area (Å²) in [5, 5.41) is 0.900. The minimum absolute atomic E-state index is 0.00578. The molecule has 11 heteroatoms. The van der Waals surface area contributed by atoms with E-state index in [2.05, 4.69) is 4.99 Å². The molecule has 4 aromatic rings. The average Bonchev–Trinajstić information content (AvgIpc) is 3.49. The second kappa shape index (κ2) is 11.5. The number of halogens is 1. The molecule has 2 aliphatic rings. The molecule has 0 saturated carbocycles. The predicted molar refractivity (Wildman–Crippen MR) is 156 cm³/mol. The minimum Gasteiger partial charge on any atom is -0.463 e. The van der Waals surface area contributed by atoms with Gasteiger partial charge in [-0.1, -0.05) is 41.7 Å². The normalized spacial score (nSPS) is 17.4. The van der Waals surface area contributed by atoms with E-state index < -0.39 is 17.8 Å². The third kappa shape index (κ3) is 5.10. The zero-order chi connectivity index (χ0) is 29.4. The van der Waals surface area contributed by atoms with Crippen molar-refractivity contribution in [3.8, 4) is 0 Å². The average molecular weight is 589 g/mol. The fraction of sp³-hybridized carbons (Fsp3) is 0.290. The summed E-state index contributed by atoms with van der Waals surface area (Å²) in [6.07, 6.45) is 3.68. The number of fused-ring (bicyclic) bond motifs is 2. The number of rotatable bonds is 6. The maximum atomic E-state index is 14.0. The molecule has 0 unspecified atom stereocenters. The quantitative estimate of drug-likeness (QED) is 0.323. The van der Waals surface area contributed by atoms with Crippen molar-refractivity contribution in [1.82, 2.24) is 14.0 Å². The summed E-state index contributed by atoms with van der Waals surface area (Å²) in [7, 11) is 0. The predicted octanol–water partition coefficient (Wildman–Crippen LogP) is 2.75. The maximum absolute atomic E-state index is 14.0. The van der Waals surface area contributed by atoms with Gasteiger partial charge < -0.3 is 18.9 Å². The zero-order valence-corrected chi connectivity index (χ0v) is 24.0. The zero-order valence-electron chi connectivity index (χ0n) is 23.2. The third-order valence-corrected chi connectivity index (χ3v) is 8.46. The van der Waals surface area contributed by atoms with E-state index >= 15 is 0 Å². The molecule has 216 valence electrons. The van der Waals surface area contributed by atoms with Gasteiger partial charge in [-0.3, -0.25) is 14.2 Å². The lowest BCUT2D eigenvalue weighted by Gasteiger charge is -2.27. The first kappa shape index (κ1) is 27.8. The minimum atomic E-state index is -0.824. The Bertz CT molecular complexity index is 1900. The first-order chi connectivity index (χ1) is 20.4. The molecule has 0 N–H and O–H groups in total. The molecule has 0 radical (unpaired) electrons. The van der Waals surface area contributed by atoms with Crippen LogP contribution in [0.25, 0.3) is 17.0 Å². The Balaban J connectivity index is 1.46. The van der Waals surface area contributed by atoms with Crippen molar-refractivity contribution in [3.05, 3.63) is 103 Å². The standard InChI is InChI=1S/C31H29FN4O5S/c1-3-41-30(39)27-19(2)33-31-36(28(27)20-8-10-22(32)11-9-20)29(38)25(42-31)16-21-17-35(24-7-5-4-6-23(21)24)18-26(37)34-12-14-40-15-13-34/h4-11,16-17,28H,3,12-15,18H2,1-2H3/b25-16+/t28-/m1/s1. The highest BCUT2D eigenvalue weighted by Crippen LogP contribution is 2.31. The van der Waals surface area contributed by atoms with Crippen LogP contribution in [0, 0.1) is 5.82 Å². The Morgan fingerprint density at radius 1 is 1.14 bits per heavy atom. The second-order valence-corrected chi connectivity index (χ2v) is 11.1. The number of benzene rings is 2. The third-order valence-electron chi connectivity index (χ3n) is 7.48. The molecule has 2 aromatic heterocycles. The van der Waals surface area contributed by atoms with Gasteiger partial charge in [0, 0.05) is 35.8 Å². The van der Waals surface area contributed by atoms with E-state index in [0.717, 1.165) is 16.5 Å². The number of para-hydroxylation sites is 1. The Morgan fingerprint density at radius 3 is 2.62 bits per heavy atom. The van der Waals surface area contributed by atoms with Crippen LogP contribution in [0.4, 0.5) is 4.39 Å². The fourth-order valence-corrected chi connectivity index (χ4v) is 6.51. The van der Waals surface area contributed by atoms with Gasteiger partial charge in [-0.05, 0) is 43.7 Å². The summed E-state index contributed by atoms with van der Waals surface area (Å²) < 4.78 is 28.3. The van der Waals surface area contributed by atoms with Crippen LogP contribution in [0.2, 0.25) is 0 Å². The Hall–Kier alpha value is -4.35.